The van der Waals surface area contributed by atoms with Gasteiger partial charge in [-0.15, -0.1) is 11.3 Å². The van der Waals surface area contributed by atoms with Gasteiger partial charge < -0.3 is 10.0 Å². The summed E-state index contributed by atoms with van der Waals surface area (Å²) in [4.78, 5) is 29.3. The van der Waals surface area contributed by atoms with E-state index in [1.165, 1.54) is 17.2 Å². The van der Waals surface area contributed by atoms with Crippen LogP contribution in [0.5, 0.6) is 0 Å². The molecule has 1 fully saturated rings. The molecule has 3 rings (SSSR count). The van der Waals surface area contributed by atoms with Crippen molar-refractivity contribution in [2.75, 3.05) is 13.1 Å². The molecule has 1 N–H and O–H groups in total. The van der Waals surface area contributed by atoms with Crippen LogP contribution < -0.4 is 0 Å². The van der Waals surface area contributed by atoms with Crippen molar-refractivity contribution in [3.8, 4) is 10.6 Å². The van der Waals surface area contributed by atoms with E-state index in [1.807, 2.05) is 0 Å². The first-order chi connectivity index (χ1) is 10.6. The zero-order valence-corrected chi connectivity index (χ0v) is 12.3. The van der Waals surface area contributed by atoms with E-state index < -0.39 is 11.9 Å². The molecule has 5 nitrogen and oxygen atoms in total. The highest BCUT2D eigenvalue weighted by molar-refractivity contribution is 7.16. The summed E-state index contributed by atoms with van der Waals surface area (Å²) >= 11 is 1.11. The average molecular weight is 320 g/mol. The fourth-order valence-electron chi connectivity index (χ4n) is 2.43. The van der Waals surface area contributed by atoms with E-state index in [2.05, 4.69) is 4.98 Å². The van der Waals surface area contributed by atoms with Crippen molar-refractivity contribution in [1.29, 1.82) is 0 Å². The lowest BCUT2D eigenvalue weighted by molar-refractivity contribution is -0.141. The summed E-state index contributed by atoms with van der Waals surface area (Å²) in [6, 6.07) is 6.25. The van der Waals surface area contributed by atoms with Crippen LogP contribution in [0.3, 0.4) is 0 Å². The molecule has 0 aliphatic carbocycles. The topological polar surface area (TPSA) is 70.5 Å². The Hall–Kier alpha value is -2.28. The molecule has 1 unspecified atom stereocenters. The second kappa shape index (κ2) is 5.84. The first-order valence-electron chi connectivity index (χ1n) is 6.79. The maximum Gasteiger partial charge on any atom is 0.308 e. The molecular weight excluding hydrogens is 307 g/mol. The van der Waals surface area contributed by atoms with Crippen LogP contribution in [0.15, 0.2) is 30.5 Å². The number of rotatable bonds is 3. The fraction of sp³-hybridized carbons (Fsp3) is 0.267. The number of halogens is 1. The van der Waals surface area contributed by atoms with Gasteiger partial charge in [0.1, 0.15) is 15.7 Å². The third-order valence-electron chi connectivity index (χ3n) is 3.65. The molecule has 0 saturated carbocycles. The van der Waals surface area contributed by atoms with Gasteiger partial charge in [0.15, 0.2) is 0 Å². The van der Waals surface area contributed by atoms with Gasteiger partial charge in [-0.05, 0) is 18.6 Å². The Morgan fingerprint density at radius 3 is 2.82 bits per heavy atom. The molecule has 114 valence electrons. The van der Waals surface area contributed by atoms with E-state index in [0.717, 1.165) is 11.3 Å². The molecule has 1 aromatic heterocycles. The monoisotopic (exact) mass is 320 g/mol. The molecular formula is C15H13FN2O3S. The Kier molecular flexibility index (Phi) is 3.89. The number of likely N-dealkylation sites (tertiary alicyclic amines) is 1. The Morgan fingerprint density at radius 2 is 2.14 bits per heavy atom. The van der Waals surface area contributed by atoms with Gasteiger partial charge in [0.25, 0.3) is 5.91 Å². The molecule has 1 saturated heterocycles. The second-order valence-corrected chi connectivity index (χ2v) is 6.12. The van der Waals surface area contributed by atoms with Crippen LogP contribution in [-0.2, 0) is 4.79 Å². The second-order valence-electron chi connectivity index (χ2n) is 5.08. The van der Waals surface area contributed by atoms with Crippen molar-refractivity contribution in [3.05, 3.63) is 41.2 Å². The van der Waals surface area contributed by atoms with Gasteiger partial charge in [0.05, 0.1) is 12.1 Å². The van der Waals surface area contributed by atoms with Crippen LogP contribution in [0, 0.1) is 11.7 Å². The van der Waals surface area contributed by atoms with E-state index in [1.54, 1.807) is 18.2 Å². The average Bonchev–Trinajstić information content (AvgIpc) is 3.17. The molecule has 2 aromatic rings. The number of aliphatic carboxylic acids is 1. The van der Waals surface area contributed by atoms with Crippen molar-refractivity contribution < 1.29 is 19.1 Å². The highest BCUT2D eigenvalue weighted by Gasteiger charge is 2.32. The maximum absolute atomic E-state index is 13.7. The third-order valence-corrected chi connectivity index (χ3v) is 4.66. The molecule has 1 atom stereocenters. The smallest absolute Gasteiger partial charge is 0.308 e. The summed E-state index contributed by atoms with van der Waals surface area (Å²) in [5.74, 6) is -2.03. The maximum atomic E-state index is 13.7. The van der Waals surface area contributed by atoms with Crippen molar-refractivity contribution in [1.82, 2.24) is 9.88 Å². The highest BCUT2D eigenvalue weighted by Crippen LogP contribution is 2.29. The summed E-state index contributed by atoms with van der Waals surface area (Å²) in [6.07, 6.45) is 1.88. The number of benzene rings is 1. The van der Waals surface area contributed by atoms with Crippen LogP contribution in [0.4, 0.5) is 4.39 Å². The van der Waals surface area contributed by atoms with Crippen molar-refractivity contribution >= 4 is 23.2 Å². The van der Waals surface area contributed by atoms with Gasteiger partial charge in [-0.1, -0.05) is 12.1 Å². The first kappa shape index (κ1) is 14.6. The predicted octanol–water partition coefficient (Wildman–Crippen LogP) is 2.50. The van der Waals surface area contributed by atoms with Crippen molar-refractivity contribution in [2.24, 2.45) is 5.92 Å². The normalized spacial score (nSPS) is 17.7. The standard InChI is InChI=1S/C15H13FN2O3S/c16-11-4-2-1-3-10(11)13-17-7-12(22-13)14(19)18-6-5-9(8-18)15(20)21/h1-4,7,9H,5-6,8H2,(H,20,21). The Labute approximate surface area is 130 Å². The number of amides is 1. The van der Waals surface area contributed by atoms with Crippen molar-refractivity contribution in [2.45, 2.75) is 6.42 Å². The van der Waals surface area contributed by atoms with Crippen LogP contribution in [-0.4, -0.2) is 40.0 Å². The number of hydrogen-bond acceptors (Lipinski definition) is 4. The van der Waals surface area contributed by atoms with Gasteiger partial charge in [-0.3, -0.25) is 9.59 Å². The number of carbonyl (C=O) groups is 2. The Morgan fingerprint density at radius 1 is 1.36 bits per heavy atom. The van der Waals surface area contributed by atoms with E-state index in [9.17, 15) is 14.0 Å². The highest BCUT2D eigenvalue weighted by atomic mass is 32.1. The lowest BCUT2D eigenvalue weighted by Crippen LogP contribution is -2.29. The zero-order valence-electron chi connectivity index (χ0n) is 11.5. The van der Waals surface area contributed by atoms with Gasteiger partial charge in [0, 0.05) is 18.7 Å². The minimum Gasteiger partial charge on any atom is -0.481 e. The number of hydrogen-bond donors (Lipinski definition) is 1. The third kappa shape index (κ3) is 2.71. The van der Waals surface area contributed by atoms with Gasteiger partial charge in [-0.2, -0.15) is 0 Å². The van der Waals surface area contributed by atoms with E-state index in [-0.39, 0.29) is 18.3 Å². The minimum absolute atomic E-state index is 0.209. The number of aromatic nitrogens is 1. The number of carboxylic acids is 1. The van der Waals surface area contributed by atoms with Crippen LogP contribution in [0.25, 0.3) is 10.6 Å². The molecule has 1 aromatic carbocycles. The van der Waals surface area contributed by atoms with Crippen LogP contribution in [0.2, 0.25) is 0 Å². The lowest BCUT2D eigenvalue weighted by atomic mass is 10.1. The fourth-order valence-corrected chi connectivity index (χ4v) is 3.35. The van der Waals surface area contributed by atoms with Gasteiger partial charge in [0.2, 0.25) is 0 Å². The number of nitrogens with zero attached hydrogens (tertiary/aromatic N) is 2. The lowest BCUT2D eigenvalue weighted by Gasteiger charge is -2.13. The summed E-state index contributed by atoms with van der Waals surface area (Å²) in [5.41, 5.74) is 0.358. The number of carbonyl (C=O) groups excluding carboxylic acids is 1. The number of carboxylic acid groups (broad SMARTS) is 1. The molecule has 1 aliphatic rings. The first-order valence-corrected chi connectivity index (χ1v) is 7.60. The summed E-state index contributed by atoms with van der Waals surface area (Å²) < 4.78 is 13.7. The predicted molar refractivity (Wildman–Crippen MR) is 79.2 cm³/mol. The van der Waals surface area contributed by atoms with Crippen LogP contribution >= 0.6 is 11.3 Å². The summed E-state index contributed by atoms with van der Waals surface area (Å²) in [5, 5.41) is 9.42. The Bertz CT molecular complexity index is 731. The molecule has 1 amide bonds. The quantitative estimate of drug-likeness (QED) is 0.943. The Balaban J connectivity index is 1.78. The van der Waals surface area contributed by atoms with Crippen LogP contribution in [0.1, 0.15) is 16.1 Å². The van der Waals surface area contributed by atoms with E-state index >= 15 is 0 Å². The molecule has 0 bridgehead atoms. The van der Waals surface area contributed by atoms with Crippen molar-refractivity contribution in [3.63, 3.8) is 0 Å². The molecule has 22 heavy (non-hydrogen) atoms. The number of thiazole rings is 1. The summed E-state index contributed by atoms with van der Waals surface area (Å²) in [6.45, 7) is 0.629. The van der Waals surface area contributed by atoms with E-state index in [4.69, 9.17) is 5.11 Å². The molecule has 7 heteroatoms. The van der Waals surface area contributed by atoms with Gasteiger partial charge in [-0.25, -0.2) is 9.37 Å². The molecule has 2 heterocycles. The zero-order chi connectivity index (χ0) is 15.7. The summed E-state index contributed by atoms with van der Waals surface area (Å²) in [7, 11) is 0. The van der Waals surface area contributed by atoms with Gasteiger partial charge >= 0.3 is 5.97 Å². The molecule has 1 aliphatic heterocycles. The largest absolute Gasteiger partial charge is 0.481 e. The molecule has 0 radical (unpaired) electrons. The molecule has 0 spiro atoms. The SMILES string of the molecule is O=C(O)C1CCN(C(=O)c2cnc(-c3ccccc3F)s2)C1. The van der Waals surface area contributed by atoms with E-state index in [0.29, 0.717) is 28.4 Å². The minimum atomic E-state index is -0.883.